The van der Waals surface area contributed by atoms with E-state index in [-0.39, 0.29) is 0 Å². The van der Waals surface area contributed by atoms with Gasteiger partial charge in [-0.25, -0.2) is 4.98 Å². The third-order valence-electron chi connectivity index (χ3n) is 5.85. The highest BCUT2D eigenvalue weighted by molar-refractivity contribution is 5.95. The molecule has 1 aromatic carbocycles. The lowest BCUT2D eigenvalue weighted by molar-refractivity contribution is 0.416. The highest BCUT2D eigenvalue weighted by atomic mass is 16.5. The fourth-order valence-corrected chi connectivity index (χ4v) is 4.23. The lowest BCUT2D eigenvalue weighted by Gasteiger charge is -2.21. The molecule has 134 valence electrons. The molecule has 3 aromatic rings. The molecule has 1 atom stereocenters. The van der Waals surface area contributed by atoms with E-state index in [0.717, 1.165) is 30.4 Å². The largest absolute Gasteiger partial charge is 0.496 e. The van der Waals surface area contributed by atoms with Gasteiger partial charge in [0.1, 0.15) is 11.4 Å². The van der Waals surface area contributed by atoms with Crippen molar-refractivity contribution in [2.24, 2.45) is 0 Å². The Kier molecular flexibility index (Phi) is 3.93. The molecule has 0 amide bonds. The molecule has 1 saturated heterocycles. The van der Waals surface area contributed by atoms with Crippen molar-refractivity contribution in [3.63, 3.8) is 0 Å². The maximum absolute atomic E-state index is 5.69. The van der Waals surface area contributed by atoms with Crippen LogP contribution < -0.4 is 10.1 Å². The van der Waals surface area contributed by atoms with Crippen molar-refractivity contribution in [3.8, 4) is 16.9 Å². The van der Waals surface area contributed by atoms with Crippen molar-refractivity contribution in [3.05, 3.63) is 47.8 Å². The molecule has 5 rings (SSSR count). The first-order valence-corrected chi connectivity index (χ1v) is 9.70. The summed E-state index contributed by atoms with van der Waals surface area (Å²) in [7, 11) is 1.75. The predicted molar refractivity (Wildman–Crippen MR) is 105 cm³/mol. The number of ether oxygens (including phenoxy) is 1. The average molecular weight is 347 g/mol. The van der Waals surface area contributed by atoms with Crippen LogP contribution in [0.2, 0.25) is 0 Å². The summed E-state index contributed by atoms with van der Waals surface area (Å²) >= 11 is 0. The number of hydrogen-bond donors (Lipinski definition) is 2. The van der Waals surface area contributed by atoms with Gasteiger partial charge in [0.25, 0.3) is 0 Å². The number of benzene rings is 1. The molecule has 0 bridgehead atoms. The minimum atomic E-state index is 0.547. The fourth-order valence-electron chi connectivity index (χ4n) is 4.23. The van der Waals surface area contributed by atoms with Gasteiger partial charge in [0.2, 0.25) is 0 Å². The van der Waals surface area contributed by atoms with Gasteiger partial charge >= 0.3 is 0 Å². The number of fused-ring (bicyclic) bond motifs is 1. The second kappa shape index (κ2) is 6.44. The van der Waals surface area contributed by atoms with Gasteiger partial charge in [-0.3, -0.25) is 0 Å². The summed E-state index contributed by atoms with van der Waals surface area (Å²) in [5.74, 6) is 2.21. The van der Waals surface area contributed by atoms with E-state index >= 15 is 0 Å². The molecule has 1 aliphatic heterocycles. The molecule has 0 spiro atoms. The summed E-state index contributed by atoms with van der Waals surface area (Å²) in [6, 6.07) is 11.1. The van der Waals surface area contributed by atoms with E-state index in [1.165, 1.54) is 53.5 Å². The Hall–Kier alpha value is -2.33. The van der Waals surface area contributed by atoms with Gasteiger partial charge in [0, 0.05) is 35.3 Å². The number of pyridine rings is 1. The Bertz CT molecular complexity index is 936. The Morgan fingerprint density at radius 2 is 1.96 bits per heavy atom. The highest BCUT2D eigenvalue weighted by Crippen LogP contribution is 2.44. The fraction of sp³-hybridized carbons (Fsp3) is 0.409. The van der Waals surface area contributed by atoms with Crippen molar-refractivity contribution in [2.75, 3.05) is 20.2 Å². The number of hydrogen-bond acceptors (Lipinski definition) is 3. The van der Waals surface area contributed by atoms with Crippen LogP contribution in [0.15, 0.2) is 36.5 Å². The second-order valence-electron chi connectivity index (χ2n) is 7.62. The van der Waals surface area contributed by atoms with Crippen LogP contribution in [0.3, 0.4) is 0 Å². The Morgan fingerprint density at radius 3 is 2.73 bits per heavy atom. The zero-order chi connectivity index (χ0) is 17.5. The second-order valence-corrected chi connectivity index (χ2v) is 7.62. The van der Waals surface area contributed by atoms with E-state index in [1.807, 2.05) is 6.20 Å². The van der Waals surface area contributed by atoms with Crippen molar-refractivity contribution in [1.82, 2.24) is 15.3 Å². The first-order chi connectivity index (χ1) is 12.8. The molecule has 2 aliphatic rings. The lowest BCUT2D eigenvalue weighted by Crippen LogP contribution is -2.28. The summed E-state index contributed by atoms with van der Waals surface area (Å²) < 4.78 is 5.69. The van der Waals surface area contributed by atoms with Crippen LogP contribution in [0.25, 0.3) is 22.2 Å². The van der Waals surface area contributed by atoms with Crippen LogP contribution in [0.4, 0.5) is 0 Å². The number of piperidine rings is 1. The molecule has 0 radical (unpaired) electrons. The van der Waals surface area contributed by atoms with E-state index in [2.05, 4.69) is 45.6 Å². The van der Waals surface area contributed by atoms with Gasteiger partial charge in [0.15, 0.2) is 0 Å². The van der Waals surface area contributed by atoms with Crippen LogP contribution in [0.1, 0.15) is 48.8 Å². The Labute approximate surface area is 154 Å². The number of nitrogens with one attached hydrogen (secondary N) is 2. The smallest absolute Gasteiger partial charge is 0.138 e. The molecule has 2 aromatic heterocycles. The van der Waals surface area contributed by atoms with Crippen LogP contribution >= 0.6 is 0 Å². The third-order valence-corrected chi connectivity index (χ3v) is 5.85. The van der Waals surface area contributed by atoms with Gasteiger partial charge in [-0.2, -0.15) is 0 Å². The van der Waals surface area contributed by atoms with Gasteiger partial charge in [0.05, 0.1) is 7.11 Å². The molecule has 2 N–H and O–H groups in total. The van der Waals surface area contributed by atoms with E-state index < -0.39 is 0 Å². The third kappa shape index (κ3) is 2.78. The molecule has 4 heteroatoms. The van der Waals surface area contributed by atoms with Gasteiger partial charge in [-0.1, -0.05) is 6.07 Å². The first-order valence-electron chi connectivity index (χ1n) is 9.70. The minimum absolute atomic E-state index is 0.547. The minimum Gasteiger partial charge on any atom is -0.496 e. The predicted octanol–water partition coefficient (Wildman–Crippen LogP) is 4.58. The van der Waals surface area contributed by atoms with Crippen LogP contribution in [-0.4, -0.2) is 30.2 Å². The van der Waals surface area contributed by atoms with Crippen molar-refractivity contribution in [2.45, 2.75) is 37.5 Å². The first kappa shape index (κ1) is 15.9. The average Bonchev–Trinajstić information content (AvgIpc) is 3.46. The maximum Gasteiger partial charge on any atom is 0.138 e. The van der Waals surface area contributed by atoms with Crippen molar-refractivity contribution in [1.29, 1.82) is 0 Å². The number of H-pyrrole nitrogens is 1. The Morgan fingerprint density at radius 1 is 1.04 bits per heavy atom. The summed E-state index contributed by atoms with van der Waals surface area (Å²) in [6.07, 6.45) is 6.98. The summed E-state index contributed by atoms with van der Waals surface area (Å²) in [5, 5.41) is 4.70. The standard InChI is InChI=1S/C22H25N3O/c1-26-21-7-6-15(14-4-5-14)11-18(21)17-8-10-24-22-19(17)12-20(25-22)16-3-2-9-23-13-16/h6-8,10-12,14,16,23H,2-5,9,13H2,1H3,(H,24,25)/t16-/m0/s1. The summed E-state index contributed by atoms with van der Waals surface area (Å²) in [6.45, 7) is 2.17. The van der Waals surface area contributed by atoms with Crippen molar-refractivity contribution < 1.29 is 4.74 Å². The van der Waals surface area contributed by atoms with E-state index in [0.29, 0.717) is 5.92 Å². The number of rotatable bonds is 4. The molecule has 4 nitrogen and oxygen atoms in total. The van der Waals surface area contributed by atoms with E-state index in [4.69, 9.17) is 4.74 Å². The molecule has 26 heavy (non-hydrogen) atoms. The molecular formula is C22H25N3O. The Balaban J connectivity index is 1.62. The van der Waals surface area contributed by atoms with Gasteiger partial charge in [-0.15, -0.1) is 0 Å². The molecular weight excluding hydrogens is 322 g/mol. The van der Waals surface area contributed by atoms with Crippen LogP contribution in [0.5, 0.6) is 5.75 Å². The zero-order valence-corrected chi connectivity index (χ0v) is 15.2. The molecule has 3 heterocycles. The highest BCUT2D eigenvalue weighted by Gasteiger charge is 2.25. The molecule has 1 aliphatic carbocycles. The quantitative estimate of drug-likeness (QED) is 0.726. The van der Waals surface area contributed by atoms with Crippen molar-refractivity contribution >= 4 is 11.0 Å². The number of methoxy groups -OCH3 is 1. The van der Waals surface area contributed by atoms with E-state index in [1.54, 1.807) is 7.11 Å². The topological polar surface area (TPSA) is 49.9 Å². The monoisotopic (exact) mass is 347 g/mol. The van der Waals surface area contributed by atoms with Gasteiger partial charge < -0.3 is 15.0 Å². The normalized spacial score (nSPS) is 20.4. The SMILES string of the molecule is COc1ccc(C2CC2)cc1-c1ccnc2[nH]c([C@H]3CCCNC3)cc12. The number of aromatic amines is 1. The van der Waals surface area contributed by atoms with Crippen LogP contribution in [-0.2, 0) is 0 Å². The lowest BCUT2D eigenvalue weighted by atomic mass is 9.95. The van der Waals surface area contributed by atoms with Gasteiger partial charge in [-0.05, 0) is 73.5 Å². The summed E-state index contributed by atoms with van der Waals surface area (Å²) in [5.41, 5.74) is 6.08. The molecule has 1 saturated carbocycles. The number of nitrogens with zero attached hydrogens (tertiary/aromatic N) is 1. The van der Waals surface area contributed by atoms with Crippen LogP contribution in [0, 0.1) is 0 Å². The number of aromatic nitrogens is 2. The molecule has 0 unspecified atom stereocenters. The molecule has 2 fully saturated rings. The maximum atomic E-state index is 5.69. The zero-order valence-electron chi connectivity index (χ0n) is 15.2. The van der Waals surface area contributed by atoms with E-state index in [9.17, 15) is 0 Å². The summed E-state index contributed by atoms with van der Waals surface area (Å²) in [4.78, 5) is 8.16.